The van der Waals surface area contributed by atoms with Crippen molar-refractivity contribution in [2.75, 3.05) is 0 Å². The smallest absolute Gasteiger partial charge is 0.0991 e. The topological polar surface area (TPSA) is 28.7 Å². The zero-order valence-electron chi connectivity index (χ0n) is 44.9. The first-order valence-corrected chi connectivity index (χ1v) is 26.6. The summed E-state index contributed by atoms with van der Waals surface area (Å²) in [5, 5.41) is 20.1. The molecule has 2 aliphatic carbocycles. The number of terminal acetylenes is 2. The fraction of sp³-hybridized carbons (Fsp3) is 0.0494. The van der Waals surface area contributed by atoms with Gasteiger partial charge >= 0.3 is 0 Å². The summed E-state index contributed by atoms with van der Waals surface area (Å²) >= 11 is 0. The molecule has 0 radical (unpaired) electrons. The second-order valence-electron chi connectivity index (χ2n) is 20.4. The van der Waals surface area contributed by atoms with Gasteiger partial charge < -0.3 is 4.57 Å². The molecule has 1 aliphatic heterocycles. The first-order chi connectivity index (χ1) is 40.9. The van der Waals surface area contributed by atoms with E-state index in [2.05, 4.69) is 319 Å². The molecule has 2 heteroatoms. The number of rotatable bonds is 1. The van der Waals surface area contributed by atoms with E-state index in [1.54, 1.807) is 0 Å². The predicted octanol–water partition coefficient (Wildman–Crippen LogP) is 15.0. The standard InChI is InChI=1S/C59H36N2.C22H2/c1-58(2)52-28-34(33-60)22-25-42(52)43-26-23-35(29-53(43)58)36-24-27-44-41-16-7-8-18-49(41)59(54(44)30-36)50-19-9-10-21-55(50)61-56-32-47-40-15-6-4-13-38(40)37-12-3-5-14-39(37)46(47)31-48(56)45-17-11-20-51(59)57(45)61;1-3-5-7-9-11-13-15-17-19-21-22-20-18-16-14-12-10-8-6-4-2/h3-32H,1-2H3;1-2H. The molecule has 83 heavy (non-hydrogen) atoms. The fourth-order valence-corrected chi connectivity index (χ4v) is 12.7. The van der Waals surface area contributed by atoms with Crippen LogP contribution in [0.2, 0.25) is 0 Å². The van der Waals surface area contributed by atoms with E-state index in [-0.39, 0.29) is 5.41 Å². The van der Waals surface area contributed by atoms with Gasteiger partial charge in [-0.2, -0.15) is 5.26 Å². The lowest BCUT2D eigenvalue weighted by atomic mass is 9.65. The normalized spacial score (nSPS) is 12.9. The van der Waals surface area contributed by atoms with Crippen molar-refractivity contribution in [3.63, 3.8) is 0 Å². The molecule has 372 valence electrons. The van der Waals surface area contributed by atoms with Gasteiger partial charge in [-0.05, 0) is 236 Å². The highest BCUT2D eigenvalue weighted by Crippen LogP contribution is 2.62. The Kier molecular flexibility index (Phi) is 12.4. The monoisotopic (exact) mass is 1040 g/mol. The number of benzene rings is 10. The van der Waals surface area contributed by atoms with Gasteiger partial charge in [-0.25, -0.2) is 0 Å². The van der Waals surface area contributed by atoms with Gasteiger partial charge in [-0.1, -0.05) is 153 Å². The van der Waals surface area contributed by atoms with E-state index in [1.807, 2.05) is 6.07 Å². The summed E-state index contributed by atoms with van der Waals surface area (Å²) < 4.78 is 2.58. The van der Waals surface area contributed by atoms with E-state index in [4.69, 9.17) is 12.8 Å². The van der Waals surface area contributed by atoms with Gasteiger partial charge in [0, 0.05) is 39.9 Å². The first kappa shape index (κ1) is 50.0. The van der Waals surface area contributed by atoms with E-state index in [9.17, 15) is 5.26 Å². The van der Waals surface area contributed by atoms with Crippen molar-refractivity contribution in [2.24, 2.45) is 0 Å². The summed E-state index contributed by atoms with van der Waals surface area (Å²) in [6, 6.07) is 70.8. The van der Waals surface area contributed by atoms with Crippen LogP contribution in [0, 0.1) is 143 Å². The van der Waals surface area contributed by atoms with Crippen LogP contribution in [0.25, 0.3) is 93.2 Å². The summed E-state index contributed by atoms with van der Waals surface area (Å²) in [4.78, 5) is 0. The number of aromatic nitrogens is 1. The van der Waals surface area contributed by atoms with Gasteiger partial charge in [-0.3, -0.25) is 0 Å². The number of fused-ring (bicyclic) bond motifs is 21. The molecule has 0 fully saturated rings. The molecule has 1 aromatic heterocycles. The Morgan fingerprint density at radius 3 is 1.33 bits per heavy atom. The van der Waals surface area contributed by atoms with E-state index in [1.165, 1.54) is 127 Å². The molecular weight excluding hydrogens is 1000 g/mol. The summed E-state index contributed by atoms with van der Waals surface area (Å²) in [5.74, 6) is 48.2. The molecular formula is C81H38N2. The summed E-state index contributed by atoms with van der Waals surface area (Å²) in [6.45, 7) is 4.59. The largest absolute Gasteiger partial charge is 0.309 e. The third-order valence-corrected chi connectivity index (χ3v) is 16.0. The number of hydrogen-bond donors (Lipinski definition) is 0. The average molecular weight is 1040 g/mol. The van der Waals surface area contributed by atoms with Crippen molar-refractivity contribution in [3.05, 3.63) is 221 Å². The molecule has 11 aromatic rings. The van der Waals surface area contributed by atoms with E-state index in [0.29, 0.717) is 5.56 Å². The lowest BCUT2D eigenvalue weighted by Gasteiger charge is -2.39. The second kappa shape index (κ2) is 20.7. The Morgan fingerprint density at radius 2 is 0.759 bits per heavy atom. The molecule has 10 aromatic carbocycles. The van der Waals surface area contributed by atoms with Crippen LogP contribution >= 0.6 is 0 Å². The minimum atomic E-state index is -0.541. The highest BCUT2D eigenvalue weighted by atomic mass is 15.0. The van der Waals surface area contributed by atoms with Crippen LogP contribution < -0.4 is 0 Å². The van der Waals surface area contributed by atoms with E-state index >= 15 is 0 Å². The quantitative estimate of drug-likeness (QED) is 0.119. The Labute approximate surface area is 483 Å². The highest BCUT2D eigenvalue weighted by molar-refractivity contribution is 6.29. The lowest BCUT2D eigenvalue weighted by Crippen LogP contribution is -2.33. The Bertz CT molecular complexity index is 5430. The van der Waals surface area contributed by atoms with Gasteiger partial charge in [0.25, 0.3) is 0 Å². The van der Waals surface area contributed by atoms with Crippen molar-refractivity contribution < 1.29 is 0 Å². The van der Waals surface area contributed by atoms with Gasteiger partial charge in [0.05, 0.1) is 33.8 Å². The molecule has 1 unspecified atom stereocenters. The lowest BCUT2D eigenvalue weighted by molar-refractivity contribution is 0.660. The van der Waals surface area contributed by atoms with Crippen LogP contribution in [0.3, 0.4) is 0 Å². The number of para-hydroxylation sites is 2. The summed E-state index contributed by atoms with van der Waals surface area (Å²) in [7, 11) is 0. The van der Waals surface area contributed by atoms with E-state index in [0.717, 1.165) is 0 Å². The molecule has 1 atom stereocenters. The maximum Gasteiger partial charge on any atom is 0.0991 e. The minimum Gasteiger partial charge on any atom is -0.309 e. The van der Waals surface area contributed by atoms with Gasteiger partial charge in [0.15, 0.2) is 0 Å². The summed E-state index contributed by atoms with van der Waals surface area (Å²) in [5.41, 5.74) is 19.0. The molecule has 3 aliphatic rings. The van der Waals surface area contributed by atoms with Gasteiger partial charge in [-0.15, -0.1) is 12.8 Å². The highest BCUT2D eigenvalue weighted by Gasteiger charge is 2.51. The van der Waals surface area contributed by atoms with Crippen LogP contribution in [0.15, 0.2) is 182 Å². The van der Waals surface area contributed by atoms with Crippen molar-refractivity contribution in [3.8, 4) is 176 Å². The zero-order chi connectivity index (χ0) is 56.5. The van der Waals surface area contributed by atoms with Crippen molar-refractivity contribution in [1.29, 1.82) is 5.26 Å². The SMILES string of the molecule is C#CC#CC#CC#CC#CC#CC#CC#CC#CC#CC#C.CC1(C)c2cc(C#N)ccc2-c2ccc(-c3ccc4c(c3)C3(c5ccccc5-4)c4ccccc4-n4c5cc6c7ccccc7c7ccccc7c6cc5c5cccc3c54)cc21. The molecule has 0 saturated heterocycles. The van der Waals surface area contributed by atoms with Crippen LogP contribution in [0.5, 0.6) is 0 Å². The summed E-state index contributed by atoms with van der Waals surface area (Å²) in [6.07, 6.45) is 9.80. The Morgan fingerprint density at radius 1 is 0.337 bits per heavy atom. The second-order valence-corrected chi connectivity index (χ2v) is 20.4. The van der Waals surface area contributed by atoms with Crippen molar-refractivity contribution in [2.45, 2.75) is 24.7 Å². The number of nitriles is 1. The van der Waals surface area contributed by atoms with Crippen LogP contribution in [0.4, 0.5) is 0 Å². The van der Waals surface area contributed by atoms with Crippen LogP contribution in [-0.2, 0) is 10.8 Å². The van der Waals surface area contributed by atoms with Gasteiger partial charge in [0.1, 0.15) is 0 Å². The fourth-order valence-electron chi connectivity index (χ4n) is 12.7. The molecule has 0 N–H and O–H groups in total. The molecule has 0 amide bonds. The van der Waals surface area contributed by atoms with Crippen LogP contribution in [0.1, 0.15) is 52.8 Å². The molecule has 0 bridgehead atoms. The first-order valence-electron chi connectivity index (χ1n) is 26.6. The minimum absolute atomic E-state index is 0.226. The van der Waals surface area contributed by atoms with E-state index < -0.39 is 5.41 Å². The van der Waals surface area contributed by atoms with Crippen molar-refractivity contribution >= 4 is 54.1 Å². The molecule has 0 saturated carbocycles. The number of nitrogens with zero attached hydrogens (tertiary/aromatic N) is 2. The van der Waals surface area contributed by atoms with Crippen molar-refractivity contribution in [1.82, 2.24) is 4.57 Å². The maximum atomic E-state index is 9.75. The third kappa shape index (κ3) is 8.10. The Hall–Kier alpha value is -12.6. The molecule has 2 nitrogen and oxygen atoms in total. The van der Waals surface area contributed by atoms with Gasteiger partial charge in [0.2, 0.25) is 0 Å². The van der Waals surface area contributed by atoms with Crippen LogP contribution in [-0.4, -0.2) is 4.57 Å². The molecule has 1 spiro atoms. The average Bonchev–Trinajstić information content (AvgIpc) is 1.68. The molecule has 2 heterocycles. The maximum absolute atomic E-state index is 9.75. The zero-order valence-corrected chi connectivity index (χ0v) is 44.9. The molecule has 14 rings (SSSR count). The third-order valence-electron chi connectivity index (χ3n) is 16.0. The predicted molar refractivity (Wildman–Crippen MR) is 340 cm³/mol. The Balaban J connectivity index is 0.000000252. The number of hydrogen-bond acceptors (Lipinski definition) is 1.